The minimum Gasteiger partial charge on any atom is -0.371 e. The molecule has 0 aromatic carbocycles. The standard InChI is InChI=1S/C15H28O/c1-12(2)10-11-16-15(4,5)14-9-7-6-8-13(14)3/h10,13-14H,6-9,11H2,1-5H3. The molecule has 0 spiro atoms. The molecule has 1 rings (SSSR count). The van der Waals surface area contributed by atoms with Crippen molar-refractivity contribution in [2.45, 2.75) is 65.9 Å². The van der Waals surface area contributed by atoms with E-state index in [-0.39, 0.29) is 5.60 Å². The van der Waals surface area contributed by atoms with E-state index in [2.05, 4.69) is 40.7 Å². The summed E-state index contributed by atoms with van der Waals surface area (Å²) in [6, 6.07) is 0. The van der Waals surface area contributed by atoms with E-state index in [9.17, 15) is 0 Å². The van der Waals surface area contributed by atoms with Gasteiger partial charge in [-0.3, -0.25) is 0 Å². The van der Waals surface area contributed by atoms with Gasteiger partial charge in [0.05, 0.1) is 12.2 Å². The van der Waals surface area contributed by atoms with Crippen molar-refractivity contribution < 1.29 is 4.74 Å². The van der Waals surface area contributed by atoms with Gasteiger partial charge in [0.25, 0.3) is 0 Å². The monoisotopic (exact) mass is 224 g/mol. The van der Waals surface area contributed by atoms with Crippen LogP contribution < -0.4 is 0 Å². The maximum atomic E-state index is 6.07. The van der Waals surface area contributed by atoms with Crippen LogP contribution in [0.5, 0.6) is 0 Å². The molecule has 1 saturated carbocycles. The van der Waals surface area contributed by atoms with Crippen molar-refractivity contribution in [2.75, 3.05) is 6.61 Å². The van der Waals surface area contributed by atoms with Crippen molar-refractivity contribution in [3.8, 4) is 0 Å². The van der Waals surface area contributed by atoms with Crippen LogP contribution in [0.4, 0.5) is 0 Å². The summed E-state index contributed by atoms with van der Waals surface area (Å²) < 4.78 is 6.07. The zero-order valence-corrected chi connectivity index (χ0v) is 11.7. The molecule has 1 nitrogen and oxygen atoms in total. The molecule has 0 heterocycles. The highest BCUT2D eigenvalue weighted by molar-refractivity contribution is 4.94. The van der Waals surface area contributed by atoms with Gasteiger partial charge in [-0.25, -0.2) is 0 Å². The van der Waals surface area contributed by atoms with Crippen LogP contribution in [0.3, 0.4) is 0 Å². The molecular formula is C15H28O. The van der Waals surface area contributed by atoms with Gasteiger partial charge < -0.3 is 4.74 Å². The number of allylic oxidation sites excluding steroid dienone is 1. The van der Waals surface area contributed by atoms with Crippen LogP contribution in [0.15, 0.2) is 11.6 Å². The Kier molecular flexibility index (Phi) is 5.04. The van der Waals surface area contributed by atoms with Gasteiger partial charge in [0.15, 0.2) is 0 Å². The van der Waals surface area contributed by atoms with Gasteiger partial charge in [0.2, 0.25) is 0 Å². The summed E-state index contributed by atoms with van der Waals surface area (Å²) in [5.41, 5.74) is 1.37. The van der Waals surface area contributed by atoms with Crippen molar-refractivity contribution in [1.29, 1.82) is 0 Å². The highest BCUT2D eigenvalue weighted by Gasteiger charge is 2.35. The Morgan fingerprint density at radius 3 is 2.44 bits per heavy atom. The number of rotatable bonds is 4. The second-order valence-electron chi connectivity index (χ2n) is 6.06. The largest absolute Gasteiger partial charge is 0.371 e. The molecule has 1 aliphatic rings. The Morgan fingerprint density at radius 1 is 1.25 bits per heavy atom. The Labute approximate surface area is 101 Å². The molecule has 0 aliphatic heterocycles. The molecule has 0 amide bonds. The SMILES string of the molecule is CC(C)=CCOC(C)(C)C1CCCCC1C. The summed E-state index contributed by atoms with van der Waals surface area (Å²) in [5.74, 6) is 1.54. The van der Waals surface area contributed by atoms with Crippen molar-refractivity contribution in [3.63, 3.8) is 0 Å². The second kappa shape index (κ2) is 5.86. The molecule has 0 bridgehead atoms. The number of hydrogen-bond donors (Lipinski definition) is 0. The lowest BCUT2D eigenvalue weighted by atomic mass is 9.72. The Morgan fingerprint density at radius 2 is 1.88 bits per heavy atom. The molecule has 0 aromatic heterocycles. The zero-order chi connectivity index (χ0) is 12.2. The topological polar surface area (TPSA) is 9.23 Å². The maximum absolute atomic E-state index is 6.07. The van der Waals surface area contributed by atoms with Crippen LogP contribution in [0, 0.1) is 11.8 Å². The van der Waals surface area contributed by atoms with Crippen LogP contribution in [-0.4, -0.2) is 12.2 Å². The van der Waals surface area contributed by atoms with Crippen LogP contribution >= 0.6 is 0 Å². The molecule has 2 unspecified atom stereocenters. The molecule has 16 heavy (non-hydrogen) atoms. The molecule has 0 saturated heterocycles. The molecule has 1 fully saturated rings. The fourth-order valence-electron chi connectivity index (χ4n) is 2.88. The third-order valence-electron chi connectivity index (χ3n) is 3.95. The van der Waals surface area contributed by atoms with Crippen molar-refractivity contribution in [2.24, 2.45) is 11.8 Å². The molecule has 0 radical (unpaired) electrons. The lowest BCUT2D eigenvalue weighted by molar-refractivity contribution is -0.0743. The smallest absolute Gasteiger partial charge is 0.0661 e. The minimum absolute atomic E-state index is 0.0335. The maximum Gasteiger partial charge on any atom is 0.0661 e. The minimum atomic E-state index is 0.0335. The highest BCUT2D eigenvalue weighted by atomic mass is 16.5. The predicted octanol–water partition coefficient (Wildman–Crippen LogP) is 4.57. The Bertz CT molecular complexity index is 236. The summed E-state index contributed by atoms with van der Waals surface area (Å²) >= 11 is 0. The molecule has 2 atom stereocenters. The van der Waals surface area contributed by atoms with E-state index >= 15 is 0 Å². The third kappa shape index (κ3) is 3.93. The van der Waals surface area contributed by atoms with Crippen LogP contribution in [0.1, 0.15) is 60.3 Å². The van der Waals surface area contributed by atoms with Gasteiger partial charge in [0, 0.05) is 0 Å². The first kappa shape index (κ1) is 13.8. The molecule has 94 valence electrons. The fourth-order valence-corrected chi connectivity index (χ4v) is 2.88. The van der Waals surface area contributed by atoms with Crippen molar-refractivity contribution in [1.82, 2.24) is 0 Å². The van der Waals surface area contributed by atoms with Gasteiger partial charge in [-0.1, -0.05) is 37.8 Å². The fraction of sp³-hybridized carbons (Fsp3) is 0.867. The average Bonchev–Trinajstić information content (AvgIpc) is 2.17. The van der Waals surface area contributed by atoms with Crippen LogP contribution in [0.2, 0.25) is 0 Å². The Hall–Kier alpha value is -0.300. The van der Waals surface area contributed by atoms with Gasteiger partial charge in [-0.15, -0.1) is 0 Å². The molecule has 0 aromatic rings. The molecule has 0 N–H and O–H groups in total. The summed E-state index contributed by atoms with van der Waals surface area (Å²) in [6.45, 7) is 11.9. The van der Waals surface area contributed by atoms with E-state index in [1.165, 1.54) is 31.3 Å². The van der Waals surface area contributed by atoms with E-state index in [4.69, 9.17) is 4.74 Å². The number of hydrogen-bond acceptors (Lipinski definition) is 1. The number of ether oxygens (including phenoxy) is 1. The third-order valence-corrected chi connectivity index (χ3v) is 3.95. The predicted molar refractivity (Wildman–Crippen MR) is 70.6 cm³/mol. The first-order chi connectivity index (χ1) is 7.43. The van der Waals surface area contributed by atoms with Gasteiger partial charge in [0.1, 0.15) is 0 Å². The van der Waals surface area contributed by atoms with Gasteiger partial charge >= 0.3 is 0 Å². The zero-order valence-electron chi connectivity index (χ0n) is 11.7. The average molecular weight is 224 g/mol. The lowest BCUT2D eigenvalue weighted by Crippen LogP contribution is -2.40. The van der Waals surface area contributed by atoms with Crippen molar-refractivity contribution in [3.05, 3.63) is 11.6 Å². The first-order valence-corrected chi connectivity index (χ1v) is 6.71. The molecule has 1 aliphatic carbocycles. The van der Waals surface area contributed by atoms with Gasteiger partial charge in [-0.2, -0.15) is 0 Å². The van der Waals surface area contributed by atoms with Crippen LogP contribution in [0.25, 0.3) is 0 Å². The van der Waals surface area contributed by atoms with Crippen LogP contribution in [-0.2, 0) is 4.74 Å². The summed E-state index contributed by atoms with van der Waals surface area (Å²) in [6.07, 6.45) is 7.67. The first-order valence-electron chi connectivity index (χ1n) is 6.71. The quantitative estimate of drug-likeness (QED) is 0.635. The van der Waals surface area contributed by atoms with Gasteiger partial charge in [-0.05, 0) is 46.0 Å². The van der Waals surface area contributed by atoms with E-state index in [1.54, 1.807) is 0 Å². The summed E-state index contributed by atoms with van der Waals surface area (Å²) in [5, 5.41) is 0. The van der Waals surface area contributed by atoms with E-state index in [1.807, 2.05) is 0 Å². The molecular weight excluding hydrogens is 196 g/mol. The normalized spacial score (nSPS) is 26.6. The lowest BCUT2D eigenvalue weighted by Gasteiger charge is -2.40. The Balaban J connectivity index is 2.50. The second-order valence-corrected chi connectivity index (χ2v) is 6.06. The highest BCUT2D eigenvalue weighted by Crippen LogP contribution is 2.38. The summed E-state index contributed by atoms with van der Waals surface area (Å²) in [7, 11) is 0. The van der Waals surface area contributed by atoms with E-state index < -0.39 is 0 Å². The van der Waals surface area contributed by atoms with Crippen molar-refractivity contribution >= 4 is 0 Å². The van der Waals surface area contributed by atoms with E-state index in [0.29, 0.717) is 0 Å². The van der Waals surface area contributed by atoms with E-state index in [0.717, 1.165) is 18.4 Å². The molecule has 1 heteroatoms. The summed E-state index contributed by atoms with van der Waals surface area (Å²) in [4.78, 5) is 0.